The minimum atomic E-state index is 0.697. The Morgan fingerprint density at radius 2 is 1.04 bits per heavy atom. The third-order valence-corrected chi connectivity index (χ3v) is 4.31. The van der Waals surface area contributed by atoms with E-state index < -0.39 is 0 Å². The van der Waals surface area contributed by atoms with Gasteiger partial charge >= 0.3 is 0 Å². The summed E-state index contributed by atoms with van der Waals surface area (Å²) < 4.78 is 0. The van der Waals surface area contributed by atoms with Gasteiger partial charge in [-0.1, -0.05) is 66.7 Å². The molecule has 110 valence electrons. The fraction of sp³-hybridized carbons (Fsp3) is 0. The molecule has 0 saturated heterocycles. The van der Waals surface area contributed by atoms with Crippen molar-refractivity contribution < 1.29 is 0 Å². The van der Waals surface area contributed by atoms with E-state index >= 15 is 0 Å². The highest BCUT2D eigenvalue weighted by Gasteiger charge is 2.12. The molecule has 0 bridgehead atoms. The highest BCUT2D eigenvalue weighted by atomic mass is 32.1. The molecule has 4 aromatic rings. The van der Waals surface area contributed by atoms with E-state index in [4.69, 9.17) is 0 Å². The number of benzene rings is 2. The summed E-state index contributed by atoms with van der Waals surface area (Å²) in [4.78, 5) is 15.0. The van der Waals surface area contributed by atoms with E-state index in [1.54, 1.807) is 11.3 Å². The lowest BCUT2D eigenvalue weighted by atomic mass is 10.2. The molecule has 4 heteroatoms. The molecule has 0 spiro atoms. The van der Waals surface area contributed by atoms with Crippen molar-refractivity contribution in [3.8, 4) is 33.5 Å². The summed E-state index contributed by atoms with van der Waals surface area (Å²) in [5, 5.41) is 2.03. The zero-order chi connectivity index (χ0) is 15.5. The van der Waals surface area contributed by atoms with Gasteiger partial charge in [0, 0.05) is 11.1 Å². The molecular weight excluding hydrogens is 302 g/mol. The van der Waals surface area contributed by atoms with Crippen LogP contribution in [0.4, 0.5) is 0 Å². The Morgan fingerprint density at radius 1 is 0.522 bits per heavy atom. The van der Waals surface area contributed by atoms with Gasteiger partial charge in [0.2, 0.25) is 0 Å². The molecule has 0 fully saturated rings. The predicted octanol–water partition coefficient (Wildman–Crippen LogP) is 4.93. The Hall–Kier alpha value is -2.85. The Labute approximate surface area is 138 Å². The van der Waals surface area contributed by atoms with Crippen LogP contribution in [-0.4, -0.2) is 15.0 Å². The second-order valence-electron chi connectivity index (χ2n) is 5.02. The first-order valence-electron chi connectivity index (χ1n) is 7.31. The molecule has 3 nitrogen and oxygen atoms in total. The van der Waals surface area contributed by atoms with E-state index in [1.807, 2.05) is 78.2 Å². The number of hydrogen-bond donors (Lipinski definition) is 0. The fourth-order valence-corrected chi connectivity index (χ4v) is 2.98. The number of rotatable bonds is 3. The molecular formula is C19H13N3S. The van der Waals surface area contributed by atoms with E-state index in [-0.39, 0.29) is 0 Å². The maximum absolute atomic E-state index is 4.67. The zero-order valence-corrected chi connectivity index (χ0v) is 13.1. The van der Waals surface area contributed by atoms with E-state index in [0.29, 0.717) is 17.5 Å². The van der Waals surface area contributed by atoms with Crippen LogP contribution >= 0.6 is 11.3 Å². The van der Waals surface area contributed by atoms with Crippen molar-refractivity contribution >= 4 is 11.3 Å². The first kappa shape index (κ1) is 13.8. The Bertz CT molecular complexity index is 846. The lowest BCUT2D eigenvalue weighted by molar-refractivity contribution is 1.08. The molecule has 2 heterocycles. The van der Waals surface area contributed by atoms with Crippen LogP contribution < -0.4 is 0 Å². The lowest BCUT2D eigenvalue weighted by Crippen LogP contribution is -1.99. The van der Waals surface area contributed by atoms with Gasteiger partial charge in [-0.2, -0.15) is 0 Å². The molecule has 23 heavy (non-hydrogen) atoms. The molecule has 0 aliphatic rings. The van der Waals surface area contributed by atoms with Gasteiger partial charge in [-0.05, 0) is 11.4 Å². The Balaban J connectivity index is 1.91. The van der Waals surface area contributed by atoms with E-state index in [2.05, 4.69) is 15.0 Å². The van der Waals surface area contributed by atoms with Gasteiger partial charge < -0.3 is 0 Å². The van der Waals surface area contributed by atoms with Crippen molar-refractivity contribution in [2.24, 2.45) is 0 Å². The van der Waals surface area contributed by atoms with Crippen LogP contribution in [0.5, 0.6) is 0 Å². The summed E-state index contributed by atoms with van der Waals surface area (Å²) >= 11 is 1.63. The standard InChI is InChI=1S/C19H13N3S/c1-3-8-14(9-4-1)17-20-18(15-10-5-2-6-11-15)22-19(21-17)16-12-7-13-23-16/h1-13H. The minimum Gasteiger partial charge on any atom is -0.208 e. The third kappa shape index (κ3) is 2.89. The minimum absolute atomic E-state index is 0.697. The molecule has 0 unspecified atom stereocenters. The summed E-state index contributed by atoms with van der Waals surface area (Å²) in [7, 11) is 0. The SMILES string of the molecule is c1ccc(-c2nc(-c3ccccc3)nc(-c3cccs3)n2)cc1. The molecule has 4 rings (SSSR count). The summed E-state index contributed by atoms with van der Waals surface area (Å²) in [5.41, 5.74) is 1.98. The smallest absolute Gasteiger partial charge is 0.174 e. The van der Waals surface area contributed by atoms with Crippen LogP contribution in [0.1, 0.15) is 0 Å². The molecule has 2 aromatic carbocycles. The molecule has 0 atom stereocenters. The van der Waals surface area contributed by atoms with E-state index in [0.717, 1.165) is 16.0 Å². The predicted molar refractivity (Wildman–Crippen MR) is 94.0 cm³/mol. The van der Waals surface area contributed by atoms with E-state index in [1.165, 1.54) is 0 Å². The van der Waals surface area contributed by atoms with Crippen molar-refractivity contribution in [1.82, 2.24) is 15.0 Å². The third-order valence-electron chi connectivity index (χ3n) is 3.44. The molecule has 0 aliphatic carbocycles. The number of nitrogens with zero attached hydrogens (tertiary/aromatic N) is 3. The summed E-state index contributed by atoms with van der Waals surface area (Å²) in [5.74, 6) is 2.11. The second kappa shape index (κ2) is 6.10. The van der Waals surface area contributed by atoms with Crippen molar-refractivity contribution in [2.45, 2.75) is 0 Å². The van der Waals surface area contributed by atoms with Crippen LogP contribution in [0.3, 0.4) is 0 Å². The van der Waals surface area contributed by atoms with E-state index in [9.17, 15) is 0 Å². The van der Waals surface area contributed by atoms with Crippen molar-refractivity contribution in [3.63, 3.8) is 0 Å². The highest BCUT2D eigenvalue weighted by Crippen LogP contribution is 2.26. The Morgan fingerprint density at radius 3 is 1.52 bits per heavy atom. The van der Waals surface area contributed by atoms with Crippen molar-refractivity contribution in [1.29, 1.82) is 0 Å². The van der Waals surface area contributed by atoms with Gasteiger partial charge in [0.15, 0.2) is 17.5 Å². The molecule has 0 N–H and O–H groups in total. The van der Waals surface area contributed by atoms with Gasteiger partial charge in [-0.25, -0.2) is 15.0 Å². The van der Waals surface area contributed by atoms with Gasteiger partial charge in [-0.15, -0.1) is 11.3 Å². The Kier molecular flexibility index (Phi) is 3.66. The number of aromatic nitrogens is 3. The van der Waals surface area contributed by atoms with Gasteiger partial charge in [0.1, 0.15) is 0 Å². The molecule has 0 radical (unpaired) electrons. The van der Waals surface area contributed by atoms with Crippen LogP contribution in [0, 0.1) is 0 Å². The van der Waals surface area contributed by atoms with Crippen molar-refractivity contribution in [2.75, 3.05) is 0 Å². The maximum atomic E-state index is 4.67. The van der Waals surface area contributed by atoms with Gasteiger partial charge in [0.25, 0.3) is 0 Å². The molecule has 0 amide bonds. The monoisotopic (exact) mass is 315 g/mol. The first-order chi connectivity index (χ1) is 11.4. The van der Waals surface area contributed by atoms with Crippen LogP contribution in [0.15, 0.2) is 78.2 Å². The van der Waals surface area contributed by atoms with Crippen LogP contribution in [0.25, 0.3) is 33.5 Å². The first-order valence-corrected chi connectivity index (χ1v) is 8.19. The maximum Gasteiger partial charge on any atom is 0.174 e. The summed E-state index contributed by atoms with van der Waals surface area (Å²) in [6.07, 6.45) is 0. The molecule has 0 aliphatic heterocycles. The quantitative estimate of drug-likeness (QED) is 0.538. The van der Waals surface area contributed by atoms with Crippen molar-refractivity contribution in [3.05, 3.63) is 78.2 Å². The summed E-state index contributed by atoms with van der Waals surface area (Å²) in [6, 6.07) is 24.1. The number of hydrogen-bond acceptors (Lipinski definition) is 4. The largest absolute Gasteiger partial charge is 0.208 e. The van der Waals surface area contributed by atoms with Gasteiger partial charge in [0.05, 0.1) is 4.88 Å². The second-order valence-corrected chi connectivity index (χ2v) is 5.96. The zero-order valence-electron chi connectivity index (χ0n) is 12.3. The van der Waals surface area contributed by atoms with Crippen LogP contribution in [-0.2, 0) is 0 Å². The van der Waals surface area contributed by atoms with Gasteiger partial charge in [-0.3, -0.25) is 0 Å². The molecule has 2 aromatic heterocycles. The molecule has 0 saturated carbocycles. The van der Waals surface area contributed by atoms with Crippen LogP contribution in [0.2, 0.25) is 0 Å². The normalized spacial score (nSPS) is 10.6. The topological polar surface area (TPSA) is 38.7 Å². The lowest BCUT2D eigenvalue weighted by Gasteiger charge is -2.06. The fourth-order valence-electron chi connectivity index (χ4n) is 2.32. The summed E-state index contributed by atoms with van der Waals surface area (Å²) in [6.45, 7) is 0. The highest BCUT2D eigenvalue weighted by molar-refractivity contribution is 7.13. The number of thiophene rings is 1. The average Bonchev–Trinajstić information content (AvgIpc) is 3.18. The average molecular weight is 315 g/mol.